The Labute approximate surface area is 196 Å². The van der Waals surface area contributed by atoms with E-state index in [-0.39, 0.29) is 37.0 Å². The van der Waals surface area contributed by atoms with Gasteiger partial charge in [0, 0.05) is 26.2 Å². The van der Waals surface area contributed by atoms with Crippen LogP contribution in [-0.2, 0) is 24.8 Å². The molecule has 0 aliphatic carbocycles. The normalized spacial score (nSPS) is 16.5. The number of aryl methyl sites for hydroxylation is 3. The third-order valence-electron chi connectivity index (χ3n) is 5.88. The van der Waals surface area contributed by atoms with Gasteiger partial charge >= 0.3 is 0 Å². The van der Waals surface area contributed by atoms with Crippen LogP contribution >= 0.6 is 0 Å². The Morgan fingerprint density at radius 3 is 1.97 bits per heavy atom. The number of amides is 1. The largest absolute Gasteiger partial charge is 0.338 e. The van der Waals surface area contributed by atoms with Gasteiger partial charge in [0.2, 0.25) is 26.0 Å². The van der Waals surface area contributed by atoms with Crippen LogP contribution < -0.4 is 4.31 Å². The number of carbonyl (C=O) groups excluding carboxylic acids is 1. The molecule has 0 radical (unpaired) electrons. The Morgan fingerprint density at radius 2 is 1.42 bits per heavy atom. The number of benzene rings is 2. The van der Waals surface area contributed by atoms with Crippen molar-refractivity contribution in [3.05, 3.63) is 59.2 Å². The van der Waals surface area contributed by atoms with Crippen molar-refractivity contribution in [2.75, 3.05) is 36.7 Å². The fraction of sp³-hybridized carbons (Fsp3) is 0.435. The second-order valence-corrected chi connectivity index (χ2v) is 12.4. The molecule has 2 aromatic rings. The molecule has 2 aromatic carbocycles. The van der Waals surface area contributed by atoms with E-state index in [1.807, 2.05) is 26.0 Å². The molecule has 1 aliphatic rings. The van der Waals surface area contributed by atoms with E-state index in [1.165, 1.54) is 9.21 Å². The zero-order valence-corrected chi connectivity index (χ0v) is 21.3. The summed E-state index contributed by atoms with van der Waals surface area (Å²) in [6.45, 7) is 7.81. The predicted octanol–water partition coefficient (Wildman–Crippen LogP) is 2.30. The molecule has 1 amide bonds. The number of sulfonamides is 2. The fourth-order valence-electron chi connectivity index (χ4n) is 4.00. The van der Waals surface area contributed by atoms with Crippen molar-refractivity contribution in [1.29, 1.82) is 0 Å². The Kier molecular flexibility index (Phi) is 7.21. The summed E-state index contributed by atoms with van der Waals surface area (Å²) in [4.78, 5) is 15.0. The van der Waals surface area contributed by atoms with Crippen LogP contribution in [-0.4, -0.2) is 70.4 Å². The van der Waals surface area contributed by atoms with Crippen LogP contribution in [0.5, 0.6) is 0 Å². The van der Waals surface area contributed by atoms with Gasteiger partial charge < -0.3 is 4.90 Å². The summed E-state index contributed by atoms with van der Waals surface area (Å²) >= 11 is 0. The van der Waals surface area contributed by atoms with Crippen molar-refractivity contribution in [2.45, 2.75) is 38.6 Å². The first-order valence-electron chi connectivity index (χ1n) is 10.7. The molecule has 1 saturated heterocycles. The monoisotopic (exact) mass is 493 g/mol. The van der Waals surface area contributed by atoms with E-state index >= 15 is 0 Å². The molecule has 10 heteroatoms. The lowest BCUT2D eigenvalue weighted by atomic mass is 10.1. The highest BCUT2D eigenvalue weighted by Crippen LogP contribution is 2.27. The van der Waals surface area contributed by atoms with E-state index in [0.29, 0.717) is 5.69 Å². The van der Waals surface area contributed by atoms with Crippen LogP contribution in [0.4, 0.5) is 5.69 Å². The van der Waals surface area contributed by atoms with Crippen molar-refractivity contribution in [1.82, 2.24) is 9.21 Å². The van der Waals surface area contributed by atoms with Gasteiger partial charge in [0.1, 0.15) is 6.04 Å². The van der Waals surface area contributed by atoms with Gasteiger partial charge in [0.15, 0.2) is 0 Å². The number of anilines is 1. The van der Waals surface area contributed by atoms with Crippen LogP contribution in [0.2, 0.25) is 0 Å². The molecule has 3 rings (SSSR count). The van der Waals surface area contributed by atoms with Gasteiger partial charge in [-0.15, -0.1) is 0 Å². The molecule has 0 spiro atoms. The molecule has 8 nitrogen and oxygen atoms in total. The van der Waals surface area contributed by atoms with Crippen LogP contribution in [0.25, 0.3) is 0 Å². The van der Waals surface area contributed by atoms with Gasteiger partial charge in [-0.3, -0.25) is 9.10 Å². The summed E-state index contributed by atoms with van der Waals surface area (Å²) in [5.41, 5.74) is 3.08. The number of piperazine rings is 1. The quantitative estimate of drug-likeness (QED) is 0.615. The zero-order valence-electron chi connectivity index (χ0n) is 19.6. The van der Waals surface area contributed by atoms with E-state index in [1.54, 1.807) is 44.2 Å². The van der Waals surface area contributed by atoms with E-state index < -0.39 is 26.1 Å². The van der Waals surface area contributed by atoms with Crippen molar-refractivity contribution < 1.29 is 21.6 Å². The van der Waals surface area contributed by atoms with Gasteiger partial charge in [-0.1, -0.05) is 29.8 Å². The van der Waals surface area contributed by atoms with Crippen LogP contribution in [0.15, 0.2) is 47.4 Å². The Morgan fingerprint density at radius 1 is 0.879 bits per heavy atom. The van der Waals surface area contributed by atoms with Crippen LogP contribution in [0, 0.1) is 20.8 Å². The standard InChI is InChI=1S/C23H31N3O5S2/c1-17-7-10-21(11-8-17)33(30,31)25-14-12-24(13-15-25)23(27)20(4)26(32(5,28)29)22-16-18(2)6-9-19(22)3/h6-11,16,20H,12-15H2,1-5H3. The van der Waals surface area contributed by atoms with E-state index in [4.69, 9.17) is 0 Å². The maximum atomic E-state index is 13.3. The lowest BCUT2D eigenvalue weighted by Gasteiger charge is -2.38. The second kappa shape index (κ2) is 9.44. The fourth-order valence-corrected chi connectivity index (χ4v) is 6.64. The predicted molar refractivity (Wildman–Crippen MR) is 129 cm³/mol. The Hall–Kier alpha value is -2.43. The highest BCUT2D eigenvalue weighted by molar-refractivity contribution is 7.92. The first kappa shape index (κ1) is 25.2. The molecule has 1 unspecified atom stereocenters. The maximum absolute atomic E-state index is 13.3. The third kappa shape index (κ3) is 5.39. The van der Waals surface area contributed by atoms with Gasteiger partial charge in [0.25, 0.3) is 0 Å². The molecule has 180 valence electrons. The first-order valence-corrected chi connectivity index (χ1v) is 14.0. The lowest BCUT2D eigenvalue weighted by molar-refractivity contribution is -0.133. The number of nitrogens with zero attached hydrogens (tertiary/aromatic N) is 3. The Bertz CT molecular complexity index is 1230. The molecule has 0 bridgehead atoms. The van der Waals surface area contributed by atoms with Crippen LogP contribution in [0.1, 0.15) is 23.6 Å². The second-order valence-electron chi connectivity index (χ2n) is 8.57. The third-order valence-corrected chi connectivity index (χ3v) is 9.02. The lowest BCUT2D eigenvalue weighted by Crippen LogP contribution is -2.56. The summed E-state index contributed by atoms with van der Waals surface area (Å²) in [7, 11) is -7.39. The van der Waals surface area contributed by atoms with Crippen LogP contribution in [0.3, 0.4) is 0 Å². The highest BCUT2D eigenvalue weighted by Gasteiger charge is 2.36. The number of hydrogen-bond acceptors (Lipinski definition) is 5. The minimum Gasteiger partial charge on any atom is -0.338 e. The molecule has 33 heavy (non-hydrogen) atoms. The number of carbonyl (C=O) groups is 1. The summed E-state index contributed by atoms with van der Waals surface area (Å²) in [6.07, 6.45) is 1.09. The molecule has 0 aromatic heterocycles. The summed E-state index contributed by atoms with van der Waals surface area (Å²) in [6, 6.07) is 11.2. The molecule has 0 saturated carbocycles. The van der Waals surface area contributed by atoms with Gasteiger partial charge in [-0.05, 0) is 57.0 Å². The zero-order chi connectivity index (χ0) is 24.6. The maximum Gasteiger partial charge on any atom is 0.246 e. The average molecular weight is 494 g/mol. The molecular weight excluding hydrogens is 462 g/mol. The summed E-state index contributed by atoms with van der Waals surface area (Å²) in [5, 5.41) is 0. The SMILES string of the molecule is Cc1ccc(S(=O)(=O)N2CCN(C(=O)C(C)N(c3cc(C)ccc3C)S(C)(=O)=O)CC2)cc1. The topological polar surface area (TPSA) is 95.1 Å². The van der Waals surface area contributed by atoms with Gasteiger partial charge in [-0.25, -0.2) is 16.8 Å². The number of rotatable bonds is 6. The Balaban J connectivity index is 1.77. The molecule has 1 atom stereocenters. The minimum atomic E-state index is -3.73. The van der Waals surface area contributed by atoms with Gasteiger partial charge in [0.05, 0.1) is 16.8 Å². The van der Waals surface area contributed by atoms with E-state index in [2.05, 4.69) is 0 Å². The minimum absolute atomic E-state index is 0.150. The average Bonchev–Trinajstić information content (AvgIpc) is 2.75. The molecule has 0 N–H and O–H groups in total. The summed E-state index contributed by atoms with van der Waals surface area (Å²) < 4.78 is 53.7. The highest BCUT2D eigenvalue weighted by atomic mass is 32.2. The number of hydrogen-bond donors (Lipinski definition) is 0. The molecule has 1 aliphatic heterocycles. The smallest absolute Gasteiger partial charge is 0.246 e. The van der Waals surface area contributed by atoms with E-state index in [0.717, 1.165) is 27.3 Å². The molecule has 1 fully saturated rings. The van der Waals surface area contributed by atoms with Crippen molar-refractivity contribution in [2.24, 2.45) is 0 Å². The van der Waals surface area contributed by atoms with Crippen molar-refractivity contribution >= 4 is 31.6 Å². The molecular formula is C23H31N3O5S2. The molecule has 1 heterocycles. The first-order chi connectivity index (χ1) is 15.3. The van der Waals surface area contributed by atoms with Crippen molar-refractivity contribution in [3.8, 4) is 0 Å². The van der Waals surface area contributed by atoms with Crippen molar-refractivity contribution in [3.63, 3.8) is 0 Å². The van der Waals surface area contributed by atoms with E-state index in [9.17, 15) is 21.6 Å². The summed E-state index contributed by atoms with van der Waals surface area (Å²) in [5.74, 6) is -0.353. The van der Waals surface area contributed by atoms with Gasteiger partial charge in [-0.2, -0.15) is 4.31 Å².